The highest BCUT2D eigenvalue weighted by molar-refractivity contribution is 7.92. The van der Waals surface area contributed by atoms with E-state index in [0.29, 0.717) is 30.2 Å². The highest BCUT2D eigenvalue weighted by atomic mass is 32.2. The van der Waals surface area contributed by atoms with Gasteiger partial charge in [-0.1, -0.05) is 19.1 Å². The lowest BCUT2D eigenvalue weighted by molar-refractivity contribution is -0.140. The molecule has 0 radical (unpaired) electrons. The number of benzene rings is 2. The molecule has 0 fully saturated rings. The predicted molar refractivity (Wildman–Crippen MR) is 141 cm³/mol. The molecule has 2 amide bonds. The Morgan fingerprint density at radius 1 is 0.972 bits per heavy atom. The van der Waals surface area contributed by atoms with Crippen LogP contribution in [0.4, 0.5) is 5.69 Å². The quantitative estimate of drug-likeness (QED) is 0.436. The molecule has 0 aliphatic heterocycles. The van der Waals surface area contributed by atoms with Crippen molar-refractivity contribution >= 4 is 27.5 Å². The number of rotatable bonds is 13. The fourth-order valence-corrected chi connectivity index (χ4v) is 4.57. The summed E-state index contributed by atoms with van der Waals surface area (Å²) in [4.78, 5) is 28.1. The molecule has 0 bridgehead atoms. The second-order valence-electron chi connectivity index (χ2n) is 8.65. The lowest BCUT2D eigenvalue weighted by Gasteiger charge is -2.33. The SMILES string of the molecule is CCOc1ccc(N(CC(=O)N(Cc2ccc(OC)cc2)[C@@H](CC)C(=O)NC(C)C)S(C)(=O)=O)cc1. The number of hydrogen-bond acceptors (Lipinski definition) is 6. The van der Waals surface area contributed by atoms with Crippen LogP contribution >= 0.6 is 0 Å². The van der Waals surface area contributed by atoms with Crippen LogP contribution in [0.25, 0.3) is 0 Å². The summed E-state index contributed by atoms with van der Waals surface area (Å²) in [5, 5.41) is 2.87. The number of hydrogen-bond donors (Lipinski definition) is 1. The molecule has 0 aliphatic rings. The number of nitrogens with zero attached hydrogens (tertiary/aromatic N) is 2. The van der Waals surface area contributed by atoms with Crippen molar-refractivity contribution in [2.24, 2.45) is 0 Å². The van der Waals surface area contributed by atoms with Crippen LogP contribution in [-0.4, -0.2) is 63.7 Å². The first-order valence-electron chi connectivity index (χ1n) is 11.9. The number of carbonyl (C=O) groups excluding carboxylic acids is 2. The minimum Gasteiger partial charge on any atom is -0.497 e. The number of nitrogens with one attached hydrogen (secondary N) is 1. The first-order chi connectivity index (χ1) is 17.0. The van der Waals surface area contributed by atoms with Crippen molar-refractivity contribution in [3.05, 3.63) is 54.1 Å². The highest BCUT2D eigenvalue weighted by Crippen LogP contribution is 2.23. The van der Waals surface area contributed by atoms with Gasteiger partial charge in [0.2, 0.25) is 21.8 Å². The van der Waals surface area contributed by atoms with Gasteiger partial charge in [-0.05, 0) is 69.2 Å². The molecular formula is C26H37N3O6S. The molecule has 1 N–H and O–H groups in total. The van der Waals surface area contributed by atoms with Crippen LogP contribution in [0.2, 0.25) is 0 Å². The van der Waals surface area contributed by atoms with Gasteiger partial charge in [0.25, 0.3) is 0 Å². The normalized spacial score (nSPS) is 12.1. The standard InChI is InChI=1S/C26H37N3O6S/c1-7-24(26(31)27-19(3)4)28(17-20-9-13-22(34-5)14-10-20)25(30)18-29(36(6,32)33)21-11-15-23(16-12-21)35-8-2/h9-16,19,24H,7-8,17-18H2,1-6H3,(H,27,31)/t24-/m0/s1. The molecule has 198 valence electrons. The van der Waals surface area contributed by atoms with Gasteiger partial charge in [-0.2, -0.15) is 0 Å². The van der Waals surface area contributed by atoms with Gasteiger partial charge in [-0.25, -0.2) is 8.42 Å². The largest absolute Gasteiger partial charge is 0.497 e. The van der Waals surface area contributed by atoms with E-state index in [2.05, 4.69) is 5.32 Å². The smallest absolute Gasteiger partial charge is 0.244 e. The Labute approximate surface area is 214 Å². The number of ether oxygens (including phenoxy) is 2. The minimum atomic E-state index is -3.80. The summed E-state index contributed by atoms with van der Waals surface area (Å²) in [6.07, 6.45) is 1.41. The monoisotopic (exact) mass is 519 g/mol. The van der Waals surface area contributed by atoms with Crippen LogP contribution in [0.5, 0.6) is 11.5 Å². The summed E-state index contributed by atoms with van der Waals surface area (Å²) in [5.74, 6) is 0.482. The summed E-state index contributed by atoms with van der Waals surface area (Å²) in [7, 11) is -2.23. The van der Waals surface area contributed by atoms with Crippen molar-refractivity contribution in [3.63, 3.8) is 0 Å². The Morgan fingerprint density at radius 3 is 2.03 bits per heavy atom. The fraction of sp³-hybridized carbons (Fsp3) is 0.462. The molecule has 0 unspecified atom stereocenters. The summed E-state index contributed by atoms with van der Waals surface area (Å²) in [5.41, 5.74) is 1.12. The number of sulfonamides is 1. The number of carbonyl (C=O) groups is 2. The lowest BCUT2D eigenvalue weighted by Crippen LogP contribution is -2.53. The van der Waals surface area contributed by atoms with E-state index in [1.165, 1.54) is 4.90 Å². The van der Waals surface area contributed by atoms with Gasteiger partial charge in [-0.15, -0.1) is 0 Å². The molecule has 9 nitrogen and oxygen atoms in total. The van der Waals surface area contributed by atoms with Crippen LogP contribution in [0.1, 0.15) is 39.7 Å². The zero-order valence-corrected chi connectivity index (χ0v) is 22.7. The van der Waals surface area contributed by atoms with E-state index in [4.69, 9.17) is 9.47 Å². The number of anilines is 1. The molecule has 10 heteroatoms. The van der Waals surface area contributed by atoms with Crippen LogP contribution in [0.3, 0.4) is 0 Å². The molecule has 2 aromatic rings. The van der Waals surface area contributed by atoms with Crippen LogP contribution < -0.4 is 19.1 Å². The highest BCUT2D eigenvalue weighted by Gasteiger charge is 2.32. The summed E-state index contributed by atoms with van der Waals surface area (Å²) in [6, 6.07) is 12.8. The molecule has 0 spiro atoms. The first kappa shape index (κ1) is 29.0. The van der Waals surface area contributed by atoms with Crippen molar-refractivity contribution in [1.82, 2.24) is 10.2 Å². The maximum atomic E-state index is 13.7. The average molecular weight is 520 g/mol. The number of methoxy groups -OCH3 is 1. The van der Waals surface area contributed by atoms with E-state index in [9.17, 15) is 18.0 Å². The van der Waals surface area contributed by atoms with Crippen molar-refractivity contribution in [3.8, 4) is 11.5 Å². The van der Waals surface area contributed by atoms with Gasteiger partial charge >= 0.3 is 0 Å². The molecule has 0 saturated carbocycles. The summed E-state index contributed by atoms with van der Waals surface area (Å²) >= 11 is 0. The van der Waals surface area contributed by atoms with E-state index >= 15 is 0 Å². The van der Waals surface area contributed by atoms with Gasteiger partial charge in [0.05, 0.1) is 25.7 Å². The molecular weight excluding hydrogens is 482 g/mol. The van der Waals surface area contributed by atoms with Gasteiger partial charge < -0.3 is 19.7 Å². The van der Waals surface area contributed by atoms with Gasteiger partial charge in [0.15, 0.2) is 0 Å². The lowest BCUT2D eigenvalue weighted by atomic mass is 10.1. The van der Waals surface area contributed by atoms with Crippen LogP contribution in [0.15, 0.2) is 48.5 Å². The zero-order valence-electron chi connectivity index (χ0n) is 21.9. The van der Waals surface area contributed by atoms with E-state index in [0.717, 1.165) is 16.1 Å². The predicted octanol–water partition coefficient (Wildman–Crippen LogP) is 3.19. The Bertz CT molecular complexity index is 1100. The first-order valence-corrected chi connectivity index (χ1v) is 13.8. The third kappa shape index (κ3) is 8.15. The Kier molecular flexibility index (Phi) is 10.6. The maximum absolute atomic E-state index is 13.7. The zero-order chi connectivity index (χ0) is 26.9. The third-order valence-corrected chi connectivity index (χ3v) is 6.58. The third-order valence-electron chi connectivity index (χ3n) is 5.44. The van der Waals surface area contributed by atoms with Crippen LogP contribution in [0, 0.1) is 0 Å². The van der Waals surface area contributed by atoms with Crippen molar-refractivity contribution in [2.75, 3.05) is 30.8 Å². The van der Waals surface area contributed by atoms with Gasteiger partial charge in [-0.3, -0.25) is 13.9 Å². The second kappa shape index (κ2) is 13.2. The van der Waals surface area contributed by atoms with Gasteiger partial charge in [0, 0.05) is 12.6 Å². The van der Waals surface area contributed by atoms with E-state index < -0.39 is 28.5 Å². The second-order valence-corrected chi connectivity index (χ2v) is 10.6. The van der Waals surface area contributed by atoms with Crippen molar-refractivity contribution in [2.45, 2.75) is 52.7 Å². The average Bonchev–Trinajstić information content (AvgIpc) is 2.82. The topological polar surface area (TPSA) is 105 Å². The number of amides is 2. The molecule has 0 aliphatic carbocycles. The van der Waals surface area contributed by atoms with Crippen molar-refractivity contribution in [1.29, 1.82) is 0 Å². The Balaban J connectivity index is 2.41. The summed E-state index contributed by atoms with van der Waals surface area (Å²) < 4.78 is 37.0. The van der Waals surface area contributed by atoms with E-state index in [-0.39, 0.29) is 18.5 Å². The molecule has 36 heavy (non-hydrogen) atoms. The van der Waals surface area contributed by atoms with E-state index in [1.807, 2.05) is 39.8 Å². The Morgan fingerprint density at radius 2 is 1.56 bits per heavy atom. The van der Waals surface area contributed by atoms with Crippen LogP contribution in [-0.2, 0) is 26.2 Å². The fourth-order valence-electron chi connectivity index (χ4n) is 3.72. The van der Waals surface area contributed by atoms with Crippen molar-refractivity contribution < 1.29 is 27.5 Å². The molecule has 0 aromatic heterocycles. The Hall–Kier alpha value is -3.27. The van der Waals surface area contributed by atoms with E-state index in [1.54, 1.807) is 43.5 Å². The molecule has 2 aromatic carbocycles. The molecule has 1 atom stereocenters. The molecule has 0 heterocycles. The molecule has 0 saturated heterocycles. The summed E-state index contributed by atoms with van der Waals surface area (Å²) in [6.45, 7) is 7.52. The minimum absolute atomic E-state index is 0.110. The molecule has 2 rings (SSSR count). The maximum Gasteiger partial charge on any atom is 0.244 e. The van der Waals surface area contributed by atoms with Gasteiger partial charge in [0.1, 0.15) is 24.1 Å².